The van der Waals surface area contributed by atoms with Gasteiger partial charge in [-0.25, -0.2) is 0 Å². The third kappa shape index (κ3) is 8.45. The van der Waals surface area contributed by atoms with Gasteiger partial charge in [-0.05, 0) is 69.5 Å². The second-order valence-electron chi connectivity index (χ2n) is 17.6. The van der Waals surface area contributed by atoms with E-state index < -0.39 is 28.2 Å². The van der Waals surface area contributed by atoms with Crippen molar-refractivity contribution in [3.8, 4) is 5.75 Å². The van der Waals surface area contributed by atoms with Gasteiger partial charge in [0.05, 0.1) is 31.3 Å². The molecule has 50 heavy (non-hydrogen) atoms. The van der Waals surface area contributed by atoms with E-state index in [-0.39, 0.29) is 34.0 Å². The first-order valence-corrected chi connectivity index (χ1v) is 23.0. The highest BCUT2D eigenvalue weighted by Crippen LogP contribution is 2.53. The van der Waals surface area contributed by atoms with Crippen LogP contribution in [0.3, 0.4) is 0 Å². The van der Waals surface area contributed by atoms with Gasteiger partial charge in [0.1, 0.15) is 11.5 Å². The predicted octanol–water partition coefficient (Wildman–Crippen LogP) is 9.50. The zero-order valence-corrected chi connectivity index (χ0v) is 34.6. The lowest BCUT2D eigenvalue weighted by atomic mass is 9.59. The minimum atomic E-state index is -2.95. The summed E-state index contributed by atoms with van der Waals surface area (Å²) in [6.45, 7) is 27.1. The maximum atomic E-state index is 15.1. The summed E-state index contributed by atoms with van der Waals surface area (Å²) < 4.78 is 27.0. The van der Waals surface area contributed by atoms with Crippen molar-refractivity contribution >= 4 is 32.8 Å². The minimum absolute atomic E-state index is 0.0567. The van der Waals surface area contributed by atoms with Crippen molar-refractivity contribution in [1.82, 2.24) is 0 Å². The van der Waals surface area contributed by atoms with Crippen molar-refractivity contribution in [1.29, 1.82) is 0 Å². The van der Waals surface area contributed by atoms with Gasteiger partial charge in [-0.15, -0.1) is 6.58 Å². The molecule has 0 heterocycles. The van der Waals surface area contributed by atoms with Gasteiger partial charge in [-0.3, -0.25) is 4.79 Å². The molecule has 0 radical (unpaired) electrons. The van der Waals surface area contributed by atoms with E-state index in [2.05, 4.69) is 136 Å². The Morgan fingerprint density at radius 2 is 1.38 bits per heavy atom. The number of methoxy groups -OCH3 is 1. The molecule has 3 aromatic carbocycles. The molecular formula is C43H62O5Si2. The van der Waals surface area contributed by atoms with Gasteiger partial charge in [-0.2, -0.15) is 0 Å². The second-order valence-corrected chi connectivity index (χ2v) is 26.6. The van der Waals surface area contributed by atoms with Crippen LogP contribution in [0.5, 0.6) is 5.75 Å². The Balaban J connectivity index is 1.83. The average molecular weight is 715 g/mol. The van der Waals surface area contributed by atoms with Crippen LogP contribution in [-0.2, 0) is 25.0 Å². The SMILES string of the molecule is C=CCC(C)(C)CC(=O)[C@@]1(CO[Si](c2ccccc2)(c2ccccc2)C(C)(C)C)C[C@@H](OCc2ccc(OC)cc2)[C@H]1O[Si](C)(C)C(C)(C)C. The van der Waals surface area contributed by atoms with Crippen LogP contribution in [0.4, 0.5) is 0 Å². The average Bonchev–Trinajstić information content (AvgIpc) is 3.04. The molecule has 3 aromatic rings. The number of rotatable bonds is 16. The lowest BCUT2D eigenvalue weighted by molar-refractivity contribution is -0.201. The Morgan fingerprint density at radius 3 is 1.84 bits per heavy atom. The Bertz CT molecular complexity index is 1520. The molecule has 7 heteroatoms. The van der Waals surface area contributed by atoms with E-state index in [1.54, 1.807) is 7.11 Å². The van der Waals surface area contributed by atoms with Crippen molar-refractivity contribution in [2.75, 3.05) is 13.7 Å². The van der Waals surface area contributed by atoms with Crippen molar-refractivity contribution in [2.45, 2.75) is 117 Å². The van der Waals surface area contributed by atoms with Gasteiger partial charge in [0, 0.05) is 13.0 Å². The van der Waals surface area contributed by atoms with Gasteiger partial charge >= 0.3 is 0 Å². The Morgan fingerprint density at radius 1 is 0.840 bits per heavy atom. The van der Waals surface area contributed by atoms with Gasteiger partial charge in [0.2, 0.25) is 0 Å². The van der Waals surface area contributed by atoms with E-state index >= 15 is 4.79 Å². The Hall–Kier alpha value is -2.82. The first kappa shape index (κ1) is 40.0. The molecule has 0 amide bonds. The van der Waals surface area contributed by atoms with Gasteiger partial charge in [0.25, 0.3) is 8.32 Å². The molecule has 0 unspecified atom stereocenters. The standard InChI is InChI=1S/C43H62O5Si2/c1-13-28-42(8,9)30-38(44)43(32-47-50(41(5,6)7,35-20-16-14-17-21-35)36-22-18-15-19-23-36)29-37(39(43)48-49(11,12)40(2,3)4)46-31-33-24-26-34(45-10)27-25-33/h13-27,37,39H,1,28-32H2,2-12H3/t37-,39-,43+/m1/s1. The highest BCUT2D eigenvalue weighted by molar-refractivity contribution is 6.99. The molecule has 4 rings (SSSR count). The first-order chi connectivity index (χ1) is 23.3. The summed E-state index contributed by atoms with van der Waals surface area (Å²) in [4.78, 5) is 15.1. The van der Waals surface area contributed by atoms with Crippen LogP contribution in [-0.4, -0.2) is 48.3 Å². The normalized spacial score (nSPS) is 20.2. The summed E-state index contributed by atoms with van der Waals surface area (Å²) in [6, 6.07) is 29.3. The van der Waals surface area contributed by atoms with Crippen molar-refractivity contribution in [3.05, 3.63) is 103 Å². The van der Waals surface area contributed by atoms with Gasteiger partial charge < -0.3 is 18.3 Å². The number of benzene rings is 3. The van der Waals surface area contributed by atoms with Crippen LogP contribution in [0.2, 0.25) is 23.2 Å². The van der Waals surface area contributed by atoms with Crippen LogP contribution in [0, 0.1) is 10.8 Å². The van der Waals surface area contributed by atoms with E-state index in [1.807, 2.05) is 30.3 Å². The summed E-state index contributed by atoms with van der Waals surface area (Å²) >= 11 is 0. The number of carbonyl (C=O) groups is 1. The minimum Gasteiger partial charge on any atom is -0.497 e. The van der Waals surface area contributed by atoms with Crippen molar-refractivity contribution in [2.24, 2.45) is 10.8 Å². The maximum Gasteiger partial charge on any atom is 0.261 e. The lowest BCUT2D eigenvalue weighted by Gasteiger charge is -2.58. The fraction of sp³-hybridized carbons (Fsp3) is 0.512. The number of carbonyl (C=O) groups excluding carboxylic acids is 1. The molecule has 0 saturated heterocycles. The molecule has 1 aliphatic carbocycles. The smallest absolute Gasteiger partial charge is 0.261 e. The molecule has 1 aliphatic rings. The summed E-state index contributed by atoms with van der Waals surface area (Å²) in [5, 5.41) is 2.11. The quantitative estimate of drug-likeness (QED) is 0.109. The number of hydrogen-bond acceptors (Lipinski definition) is 5. The van der Waals surface area contributed by atoms with Crippen LogP contribution >= 0.6 is 0 Å². The van der Waals surface area contributed by atoms with Crippen LogP contribution < -0.4 is 15.1 Å². The zero-order valence-electron chi connectivity index (χ0n) is 32.6. The number of ether oxygens (including phenoxy) is 2. The molecule has 5 nitrogen and oxygen atoms in total. The monoisotopic (exact) mass is 714 g/mol. The van der Waals surface area contributed by atoms with E-state index in [1.165, 1.54) is 10.4 Å². The highest BCUT2D eigenvalue weighted by Gasteiger charge is 2.64. The zero-order chi connectivity index (χ0) is 37.0. The summed E-state index contributed by atoms with van der Waals surface area (Å²) in [5.74, 6) is 0.999. The number of Topliss-reactive ketones (excluding diaryl/α,β-unsaturated/α-hetero) is 1. The number of ketones is 1. The molecular weight excluding hydrogens is 653 g/mol. The Labute approximate surface area is 305 Å². The fourth-order valence-electron chi connectivity index (χ4n) is 7.10. The molecule has 3 atom stereocenters. The largest absolute Gasteiger partial charge is 0.497 e. The van der Waals surface area contributed by atoms with E-state index in [9.17, 15) is 0 Å². The summed E-state index contributed by atoms with van der Waals surface area (Å²) in [6.07, 6.45) is 2.93. The maximum absolute atomic E-state index is 15.1. The lowest BCUT2D eigenvalue weighted by Crippen LogP contribution is -2.72. The van der Waals surface area contributed by atoms with Crippen LogP contribution in [0.1, 0.15) is 80.2 Å². The molecule has 0 spiro atoms. The molecule has 272 valence electrons. The van der Waals surface area contributed by atoms with Gasteiger partial charge in [-0.1, -0.05) is 134 Å². The van der Waals surface area contributed by atoms with Crippen LogP contribution in [0.15, 0.2) is 97.6 Å². The van der Waals surface area contributed by atoms with Crippen LogP contribution in [0.25, 0.3) is 0 Å². The third-order valence-corrected chi connectivity index (χ3v) is 20.6. The molecule has 1 saturated carbocycles. The summed E-state index contributed by atoms with van der Waals surface area (Å²) in [5.41, 5.74) is -0.0674. The number of hydrogen-bond donors (Lipinski definition) is 0. The fourth-order valence-corrected chi connectivity index (χ4v) is 13.1. The van der Waals surface area contributed by atoms with Crippen molar-refractivity contribution < 1.29 is 23.1 Å². The van der Waals surface area contributed by atoms with E-state index in [4.69, 9.17) is 18.3 Å². The van der Waals surface area contributed by atoms with E-state index in [0.29, 0.717) is 19.4 Å². The van der Waals surface area contributed by atoms with E-state index in [0.717, 1.165) is 17.7 Å². The Kier molecular flexibility index (Phi) is 12.3. The van der Waals surface area contributed by atoms with Crippen molar-refractivity contribution in [3.63, 3.8) is 0 Å². The molecule has 1 fully saturated rings. The third-order valence-electron chi connectivity index (χ3n) is 11.2. The molecule has 0 bridgehead atoms. The molecule has 0 N–H and O–H groups in total. The van der Waals surface area contributed by atoms with Gasteiger partial charge in [0.15, 0.2) is 8.32 Å². The number of allylic oxidation sites excluding steroid dienone is 1. The highest BCUT2D eigenvalue weighted by atomic mass is 28.4. The topological polar surface area (TPSA) is 54.0 Å². The molecule has 0 aliphatic heterocycles. The predicted molar refractivity (Wildman–Crippen MR) is 212 cm³/mol. The first-order valence-electron chi connectivity index (χ1n) is 18.1. The molecule has 0 aromatic heterocycles. The second kappa shape index (κ2) is 15.4. The summed E-state index contributed by atoms with van der Waals surface area (Å²) in [7, 11) is -3.64.